The zero-order chi connectivity index (χ0) is 17.1. The van der Waals surface area contributed by atoms with Crippen molar-refractivity contribution in [2.75, 3.05) is 19.6 Å². The number of carbonyl (C=O) groups excluding carboxylic acids is 1. The highest BCUT2D eigenvalue weighted by molar-refractivity contribution is 5.96. The molecule has 0 bridgehead atoms. The largest absolute Gasteiger partial charge is 0.451 e. The first-order chi connectivity index (χ1) is 12.3. The lowest BCUT2D eigenvalue weighted by molar-refractivity contribution is 0.0912. The fraction of sp³-hybridized carbons (Fsp3) is 0.286. The molecule has 1 amide bonds. The SMILES string of the molecule is O=C(NCC(c1ccccc1)N1CCCC1)c1cc2ccccc2o1. The van der Waals surface area contributed by atoms with Crippen molar-refractivity contribution in [3.05, 3.63) is 72.0 Å². The Morgan fingerprint density at radius 3 is 2.52 bits per heavy atom. The lowest BCUT2D eigenvalue weighted by Gasteiger charge is -2.28. The number of fused-ring (bicyclic) bond motifs is 1. The van der Waals surface area contributed by atoms with Gasteiger partial charge in [-0.25, -0.2) is 0 Å². The Labute approximate surface area is 147 Å². The molecule has 1 fully saturated rings. The summed E-state index contributed by atoms with van der Waals surface area (Å²) in [5, 5.41) is 4.01. The molecule has 1 aliphatic rings. The fourth-order valence-corrected chi connectivity index (χ4v) is 3.56. The van der Waals surface area contributed by atoms with Crippen LogP contribution >= 0.6 is 0 Å². The van der Waals surface area contributed by atoms with E-state index < -0.39 is 0 Å². The van der Waals surface area contributed by atoms with Crippen molar-refractivity contribution in [2.45, 2.75) is 18.9 Å². The molecule has 4 nitrogen and oxygen atoms in total. The van der Waals surface area contributed by atoms with E-state index in [2.05, 4.69) is 34.5 Å². The Kier molecular flexibility index (Phi) is 4.53. The van der Waals surface area contributed by atoms with Crippen LogP contribution in [0.15, 0.2) is 65.1 Å². The normalized spacial score (nSPS) is 16.2. The van der Waals surface area contributed by atoms with Gasteiger partial charge in [-0.2, -0.15) is 0 Å². The average Bonchev–Trinajstić information content (AvgIpc) is 3.32. The zero-order valence-electron chi connectivity index (χ0n) is 14.2. The average molecular weight is 334 g/mol. The van der Waals surface area contributed by atoms with Gasteiger partial charge in [0.25, 0.3) is 5.91 Å². The lowest BCUT2D eigenvalue weighted by Crippen LogP contribution is -2.36. The van der Waals surface area contributed by atoms with E-state index in [0.717, 1.165) is 24.1 Å². The third kappa shape index (κ3) is 3.44. The van der Waals surface area contributed by atoms with Gasteiger partial charge in [-0.15, -0.1) is 0 Å². The maximum Gasteiger partial charge on any atom is 0.287 e. The summed E-state index contributed by atoms with van der Waals surface area (Å²) in [5.41, 5.74) is 1.99. The highest BCUT2D eigenvalue weighted by atomic mass is 16.3. The van der Waals surface area contributed by atoms with E-state index in [1.165, 1.54) is 18.4 Å². The Hall–Kier alpha value is -2.59. The summed E-state index contributed by atoms with van der Waals surface area (Å²) in [7, 11) is 0. The number of nitrogens with zero attached hydrogens (tertiary/aromatic N) is 1. The van der Waals surface area contributed by atoms with Gasteiger partial charge in [0, 0.05) is 11.9 Å². The Bertz CT molecular complexity index is 817. The highest BCUT2D eigenvalue weighted by Gasteiger charge is 2.24. The summed E-state index contributed by atoms with van der Waals surface area (Å²) in [4.78, 5) is 15.0. The van der Waals surface area contributed by atoms with Crippen LogP contribution in [0.5, 0.6) is 0 Å². The number of carbonyl (C=O) groups is 1. The van der Waals surface area contributed by atoms with Crippen LogP contribution in [-0.2, 0) is 0 Å². The Morgan fingerprint density at radius 2 is 1.76 bits per heavy atom. The predicted octanol–water partition coefficient (Wildman–Crippen LogP) is 4.00. The fourth-order valence-electron chi connectivity index (χ4n) is 3.56. The van der Waals surface area contributed by atoms with Crippen molar-refractivity contribution in [1.82, 2.24) is 10.2 Å². The van der Waals surface area contributed by atoms with Gasteiger partial charge in [0.05, 0.1) is 6.04 Å². The molecule has 1 aliphatic heterocycles. The number of hydrogen-bond acceptors (Lipinski definition) is 3. The minimum atomic E-state index is -0.156. The van der Waals surface area contributed by atoms with E-state index in [-0.39, 0.29) is 11.9 Å². The van der Waals surface area contributed by atoms with Gasteiger partial charge in [0.1, 0.15) is 5.58 Å². The van der Waals surface area contributed by atoms with Crippen LogP contribution in [0.4, 0.5) is 0 Å². The van der Waals surface area contributed by atoms with Crippen molar-refractivity contribution in [3.63, 3.8) is 0 Å². The number of furan rings is 1. The molecule has 3 aromatic rings. The lowest BCUT2D eigenvalue weighted by atomic mass is 10.1. The molecule has 128 valence electrons. The second-order valence-corrected chi connectivity index (χ2v) is 6.53. The van der Waals surface area contributed by atoms with Gasteiger partial charge >= 0.3 is 0 Å². The van der Waals surface area contributed by atoms with Crippen molar-refractivity contribution < 1.29 is 9.21 Å². The van der Waals surface area contributed by atoms with E-state index in [4.69, 9.17) is 4.42 Å². The van der Waals surface area contributed by atoms with Crippen molar-refractivity contribution in [1.29, 1.82) is 0 Å². The third-order valence-corrected chi connectivity index (χ3v) is 4.87. The second-order valence-electron chi connectivity index (χ2n) is 6.53. The molecule has 0 spiro atoms. The van der Waals surface area contributed by atoms with Crippen LogP contribution in [0.3, 0.4) is 0 Å². The number of nitrogens with one attached hydrogen (secondary N) is 1. The second kappa shape index (κ2) is 7.11. The first-order valence-corrected chi connectivity index (χ1v) is 8.87. The van der Waals surface area contributed by atoms with Crippen molar-refractivity contribution >= 4 is 16.9 Å². The van der Waals surface area contributed by atoms with Crippen LogP contribution in [0.25, 0.3) is 11.0 Å². The summed E-state index contributed by atoms with van der Waals surface area (Å²) in [6, 6.07) is 20.1. The van der Waals surface area contributed by atoms with Crippen LogP contribution in [0, 0.1) is 0 Å². The molecule has 0 saturated carbocycles. The van der Waals surface area contributed by atoms with Gasteiger partial charge in [-0.1, -0.05) is 48.5 Å². The van der Waals surface area contributed by atoms with Crippen molar-refractivity contribution in [3.8, 4) is 0 Å². The summed E-state index contributed by atoms with van der Waals surface area (Å²) in [5.74, 6) is 0.214. The molecular weight excluding hydrogens is 312 g/mol. The molecule has 0 radical (unpaired) electrons. The van der Waals surface area contributed by atoms with E-state index in [9.17, 15) is 4.79 Å². The minimum absolute atomic E-state index is 0.156. The van der Waals surface area contributed by atoms with Crippen LogP contribution in [0.2, 0.25) is 0 Å². The molecule has 4 heteroatoms. The minimum Gasteiger partial charge on any atom is -0.451 e. The summed E-state index contributed by atoms with van der Waals surface area (Å²) >= 11 is 0. The Balaban J connectivity index is 1.49. The van der Waals surface area contributed by atoms with E-state index >= 15 is 0 Å². The topological polar surface area (TPSA) is 45.5 Å². The molecule has 1 aromatic heterocycles. The number of likely N-dealkylation sites (tertiary alicyclic amines) is 1. The molecule has 1 atom stereocenters. The maximum atomic E-state index is 12.5. The van der Waals surface area contributed by atoms with Gasteiger partial charge in [-0.3, -0.25) is 9.69 Å². The number of amides is 1. The summed E-state index contributed by atoms with van der Waals surface area (Å²) < 4.78 is 5.67. The quantitative estimate of drug-likeness (QED) is 0.767. The monoisotopic (exact) mass is 334 g/mol. The number of benzene rings is 2. The van der Waals surface area contributed by atoms with Gasteiger partial charge in [0.15, 0.2) is 5.76 Å². The number of para-hydroxylation sites is 1. The van der Waals surface area contributed by atoms with Crippen LogP contribution < -0.4 is 5.32 Å². The predicted molar refractivity (Wildman–Crippen MR) is 98.5 cm³/mol. The van der Waals surface area contributed by atoms with E-state index in [0.29, 0.717) is 12.3 Å². The van der Waals surface area contributed by atoms with E-state index in [1.807, 2.05) is 30.3 Å². The summed E-state index contributed by atoms with van der Waals surface area (Å²) in [6.07, 6.45) is 2.45. The standard InChI is InChI=1S/C21H22N2O2/c24-21(20-14-17-10-4-5-11-19(17)25-20)22-15-18(23-12-6-7-13-23)16-8-2-1-3-9-16/h1-5,8-11,14,18H,6-7,12-13,15H2,(H,22,24). The Morgan fingerprint density at radius 1 is 1.04 bits per heavy atom. The van der Waals surface area contributed by atoms with Gasteiger partial charge < -0.3 is 9.73 Å². The molecular formula is C21H22N2O2. The van der Waals surface area contributed by atoms with Gasteiger partial charge in [0.2, 0.25) is 0 Å². The molecule has 1 N–H and O–H groups in total. The number of hydrogen-bond donors (Lipinski definition) is 1. The first-order valence-electron chi connectivity index (χ1n) is 8.87. The molecule has 2 aromatic carbocycles. The molecule has 25 heavy (non-hydrogen) atoms. The maximum absolute atomic E-state index is 12.5. The number of rotatable bonds is 5. The smallest absolute Gasteiger partial charge is 0.287 e. The molecule has 2 heterocycles. The first kappa shape index (κ1) is 15.9. The highest BCUT2D eigenvalue weighted by Crippen LogP contribution is 2.25. The molecule has 1 unspecified atom stereocenters. The summed E-state index contributed by atoms with van der Waals surface area (Å²) in [6.45, 7) is 2.75. The van der Waals surface area contributed by atoms with E-state index in [1.54, 1.807) is 6.07 Å². The molecule has 1 saturated heterocycles. The third-order valence-electron chi connectivity index (χ3n) is 4.87. The van der Waals surface area contributed by atoms with Crippen molar-refractivity contribution in [2.24, 2.45) is 0 Å². The molecule has 4 rings (SSSR count). The van der Waals surface area contributed by atoms with Crippen LogP contribution in [0.1, 0.15) is 35.0 Å². The van der Waals surface area contributed by atoms with Crippen LogP contribution in [-0.4, -0.2) is 30.4 Å². The zero-order valence-corrected chi connectivity index (χ0v) is 14.2. The molecule has 0 aliphatic carbocycles. The van der Waals surface area contributed by atoms with Gasteiger partial charge in [-0.05, 0) is 43.6 Å².